The Labute approximate surface area is 170 Å². The summed E-state index contributed by atoms with van der Waals surface area (Å²) < 4.78 is 170. The van der Waals surface area contributed by atoms with Gasteiger partial charge in [0.15, 0.2) is 0 Å². The van der Waals surface area contributed by atoms with Gasteiger partial charge in [0.1, 0.15) is 0 Å². The Morgan fingerprint density at radius 2 is 1.19 bits per heavy atom. The molecule has 32 heavy (non-hydrogen) atoms. The molecule has 16 heteroatoms. The van der Waals surface area contributed by atoms with Gasteiger partial charge < -0.3 is 0 Å². The molecule has 0 bridgehead atoms. The van der Waals surface area contributed by atoms with E-state index in [1.54, 1.807) is 6.92 Å². The lowest BCUT2D eigenvalue weighted by atomic mass is 9.90. The number of rotatable bonds is 9. The first-order chi connectivity index (χ1) is 14.2. The molecule has 1 aromatic rings. The molecule has 1 aromatic carbocycles. The van der Waals surface area contributed by atoms with Crippen molar-refractivity contribution >= 4 is 0 Å². The van der Waals surface area contributed by atoms with Crippen LogP contribution in [0.3, 0.4) is 0 Å². The van der Waals surface area contributed by atoms with Crippen molar-refractivity contribution in [1.82, 2.24) is 0 Å². The Morgan fingerprint density at radius 1 is 0.750 bits per heavy atom. The summed E-state index contributed by atoms with van der Waals surface area (Å²) in [5.41, 5.74) is 8.99. The number of benzene rings is 1. The summed E-state index contributed by atoms with van der Waals surface area (Å²) in [5, 5.41) is 2.99. The van der Waals surface area contributed by atoms with Gasteiger partial charge in [0.05, 0.1) is 6.04 Å². The zero-order chi connectivity index (χ0) is 25.4. The lowest BCUT2D eigenvalue weighted by Crippen LogP contribution is -2.70. The minimum atomic E-state index is -7.94. The van der Waals surface area contributed by atoms with Gasteiger partial charge in [0.2, 0.25) is 0 Å². The summed E-state index contributed by atoms with van der Waals surface area (Å²) in [6, 6.07) is 3.37. The van der Waals surface area contributed by atoms with Crippen molar-refractivity contribution in [2.75, 3.05) is 0 Å². The third kappa shape index (κ3) is 4.55. The van der Waals surface area contributed by atoms with E-state index in [0.29, 0.717) is 5.56 Å². The van der Waals surface area contributed by atoms with Crippen molar-refractivity contribution < 1.29 is 57.1 Å². The van der Waals surface area contributed by atoms with Crippen molar-refractivity contribution in [2.45, 2.75) is 61.6 Å². The minimum Gasteiger partial charge on any atom is -0.200 e. The maximum atomic E-state index is 13.9. The number of azide groups is 1. The predicted octanol–water partition coefficient (Wildman–Crippen LogP) is 7.87. The van der Waals surface area contributed by atoms with E-state index < -0.39 is 54.7 Å². The SMILES string of the molecule is Cc1ccc([C@H](CCC(F)(F)C(F)(F)C(F)(F)C(F)(F)C(F)(F)C(F)(F)F)N=[N+]=[N-])cc1. The minimum absolute atomic E-state index is 0.0757. The van der Waals surface area contributed by atoms with Gasteiger partial charge in [-0.25, -0.2) is 0 Å². The summed E-state index contributed by atoms with van der Waals surface area (Å²) >= 11 is 0. The van der Waals surface area contributed by atoms with Crippen LogP contribution >= 0.6 is 0 Å². The molecule has 0 saturated carbocycles. The fourth-order valence-electron chi connectivity index (χ4n) is 2.42. The van der Waals surface area contributed by atoms with Crippen molar-refractivity contribution in [1.29, 1.82) is 0 Å². The highest BCUT2D eigenvalue weighted by molar-refractivity contribution is 5.24. The molecule has 182 valence electrons. The molecule has 0 aliphatic heterocycles. The molecule has 1 atom stereocenters. The second-order valence-electron chi connectivity index (χ2n) is 6.67. The van der Waals surface area contributed by atoms with Gasteiger partial charge in [0.25, 0.3) is 0 Å². The number of nitrogens with zero attached hydrogens (tertiary/aromatic N) is 3. The van der Waals surface area contributed by atoms with E-state index >= 15 is 0 Å². The quantitative estimate of drug-likeness (QED) is 0.146. The lowest BCUT2D eigenvalue weighted by Gasteiger charge is -2.39. The largest absolute Gasteiger partial charge is 0.460 e. The molecule has 0 aliphatic rings. The number of alkyl halides is 13. The highest BCUT2D eigenvalue weighted by Gasteiger charge is 2.90. The average Bonchev–Trinajstić information content (AvgIpc) is 2.64. The molecule has 0 fully saturated rings. The molecule has 0 unspecified atom stereocenters. The van der Waals surface area contributed by atoms with E-state index in [1.807, 2.05) is 0 Å². The van der Waals surface area contributed by atoms with Crippen molar-refractivity contribution in [3.8, 4) is 0 Å². The lowest BCUT2D eigenvalue weighted by molar-refractivity contribution is -0.440. The number of hydrogen-bond acceptors (Lipinski definition) is 1. The summed E-state index contributed by atoms with van der Waals surface area (Å²) in [4.78, 5) is 2.25. The maximum absolute atomic E-state index is 13.9. The zero-order valence-corrected chi connectivity index (χ0v) is 15.6. The Morgan fingerprint density at radius 3 is 1.59 bits per heavy atom. The first-order valence-corrected chi connectivity index (χ1v) is 8.24. The van der Waals surface area contributed by atoms with Crippen molar-refractivity contribution in [3.05, 3.63) is 45.8 Å². The topological polar surface area (TPSA) is 48.8 Å². The molecule has 0 heterocycles. The highest BCUT2D eigenvalue weighted by Crippen LogP contribution is 2.60. The molecule has 0 aliphatic carbocycles. The van der Waals surface area contributed by atoms with Crippen LogP contribution in [0.2, 0.25) is 0 Å². The fourth-order valence-corrected chi connectivity index (χ4v) is 2.42. The van der Waals surface area contributed by atoms with Crippen LogP contribution in [0.5, 0.6) is 0 Å². The first-order valence-electron chi connectivity index (χ1n) is 8.24. The van der Waals surface area contributed by atoms with E-state index in [1.165, 1.54) is 24.3 Å². The number of aryl methyl sites for hydroxylation is 1. The van der Waals surface area contributed by atoms with Gasteiger partial charge in [-0.15, -0.1) is 0 Å². The number of halogens is 13. The van der Waals surface area contributed by atoms with Gasteiger partial charge in [0, 0.05) is 11.3 Å². The molecule has 0 spiro atoms. The van der Waals surface area contributed by atoms with E-state index in [2.05, 4.69) is 10.0 Å². The predicted molar refractivity (Wildman–Crippen MR) is 83.1 cm³/mol. The van der Waals surface area contributed by atoms with Gasteiger partial charge in [-0.3, -0.25) is 0 Å². The summed E-state index contributed by atoms with van der Waals surface area (Å²) in [6.07, 6.45) is -11.3. The Hall–Kier alpha value is -2.38. The van der Waals surface area contributed by atoms with E-state index in [4.69, 9.17) is 5.53 Å². The van der Waals surface area contributed by atoms with Crippen LogP contribution < -0.4 is 0 Å². The highest BCUT2D eigenvalue weighted by atomic mass is 19.4. The normalized spacial score (nSPS) is 15.3. The molecule has 3 nitrogen and oxygen atoms in total. The summed E-state index contributed by atoms with van der Waals surface area (Å²) in [7, 11) is 0. The summed E-state index contributed by atoms with van der Waals surface area (Å²) in [6.45, 7) is 1.57. The smallest absolute Gasteiger partial charge is 0.200 e. The third-order valence-electron chi connectivity index (χ3n) is 4.38. The average molecular weight is 493 g/mol. The number of hydrogen-bond donors (Lipinski definition) is 0. The third-order valence-corrected chi connectivity index (χ3v) is 4.38. The van der Waals surface area contributed by atoms with Gasteiger partial charge in [-0.1, -0.05) is 34.9 Å². The van der Waals surface area contributed by atoms with Crippen LogP contribution in [-0.4, -0.2) is 35.8 Å². The second kappa shape index (κ2) is 8.52. The summed E-state index contributed by atoms with van der Waals surface area (Å²) in [5.74, 6) is -37.1. The fraction of sp³-hybridized carbons (Fsp3) is 0.625. The molecule has 1 rings (SSSR count). The Balaban J connectivity index is 3.29. The van der Waals surface area contributed by atoms with E-state index in [9.17, 15) is 57.1 Å². The molecule has 0 saturated heterocycles. The standard InChI is InChI=1S/C16H12F13N3/c1-8-2-4-9(5-3-8)10(31-32-30)6-7-11(17,18)12(19,20)13(21,22)14(23,24)15(25,26)16(27,28)29/h2-5,10H,6-7H2,1H3/t10-/m0/s1. The van der Waals surface area contributed by atoms with Gasteiger partial charge >= 0.3 is 35.8 Å². The van der Waals surface area contributed by atoms with E-state index in [0.717, 1.165) is 0 Å². The second-order valence-corrected chi connectivity index (χ2v) is 6.67. The first kappa shape index (κ1) is 27.7. The Kier molecular flexibility index (Phi) is 7.36. The van der Waals surface area contributed by atoms with Crippen molar-refractivity contribution in [3.63, 3.8) is 0 Å². The van der Waals surface area contributed by atoms with Crippen LogP contribution in [0, 0.1) is 6.92 Å². The van der Waals surface area contributed by atoms with Gasteiger partial charge in [-0.05, 0) is 24.4 Å². The molecule has 0 amide bonds. The maximum Gasteiger partial charge on any atom is 0.460 e. The van der Waals surface area contributed by atoms with Crippen LogP contribution in [0.4, 0.5) is 57.1 Å². The van der Waals surface area contributed by atoms with Crippen LogP contribution in [-0.2, 0) is 0 Å². The van der Waals surface area contributed by atoms with Gasteiger partial charge in [-0.2, -0.15) is 57.1 Å². The zero-order valence-electron chi connectivity index (χ0n) is 15.6. The molecule has 0 N–H and O–H groups in total. The molecular formula is C16H12F13N3. The molecule has 0 radical (unpaired) electrons. The Bertz CT molecular complexity index is 840. The van der Waals surface area contributed by atoms with E-state index in [-0.39, 0.29) is 5.56 Å². The van der Waals surface area contributed by atoms with Crippen LogP contribution in [0.15, 0.2) is 29.4 Å². The van der Waals surface area contributed by atoms with Crippen molar-refractivity contribution in [2.24, 2.45) is 5.11 Å². The van der Waals surface area contributed by atoms with Crippen LogP contribution in [0.1, 0.15) is 30.0 Å². The monoisotopic (exact) mass is 493 g/mol. The molecular weight excluding hydrogens is 481 g/mol. The molecule has 0 aromatic heterocycles. The van der Waals surface area contributed by atoms with Crippen LogP contribution in [0.25, 0.3) is 10.4 Å².